The van der Waals surface area contributed by atoms with Crippen LogP contribution in [0.1, 0.15) is 37.8 Å². The highest BCUT2D eigenvalue weighted by molar-refractivity contribution is 7.14. The van der Waals surface area contributed by atoms with E-state index in [1.165, 1.54) is 11.3 Å². The summed E-state index contributed by atoms with van der Waals surface area (Å²) in [5.41, 5.74) is 3.56. The van der Waals surface area contributed by atoms with Gasteiger partial charge in [0.05, 0.1) is 15.4 Å². The van der Waals surface area contributed by atoms with Gasteiger partial charge in [0.2, 0.25) is 0 Å². The molecule has 6 nitrogen and oxygen atoms in total. The minimum absolute atomic E-state index is 0.0512. The Kier molecular flexibility index (Phi) is 5.70. The molecular weight excluding hydrogens is 532 g/mol. The molecule has 2 aliphatic heterocycles. The number of halogens is 1. The summed E-state index contributed by atoms with van der Waals surface area (Å²) in [6, 6.07) is 22.3. The number of thiophene rings is 1. The van der Waals surface area contributed by atoms with E-state index in [1.807, 2.05) is 53.4 Å². The van der Waals surface area contributed by atoms with Crippen molar-refractivity contribution in [3.63, 3.8) is 0 Å². The quantitative estimate of drug-likeness (QED) is 0.220. The van der Waals surface area contributed by atoms with E-state index in [1.54, 1.807) is 29.2 Å². The largest absolute Gasteiger partial charge is 0.507 e. The molecule has 5 aromatic rings. The molecule has 0 aliphatic carbocycles. The lowest BCUT2D eigenvalue weighted by molar-refractivity contribution is 0.0992. The summed E-state index contributed by atoms with van der Waals surface area (Å²) in [5, 5.41) is 36.1. The Bertz CT molecular complexity index is 1780. The number of anilines is 2. The Labute approximate surface area is 233 Å². The second-order valence-corrected chi connectivity index (χ2v) is 11.5. The summed E-state index contributed by atoms with van der Waals surface area (Å²) >= 11 is 7.60. The minimum atomic E-state index is -0.951. The van der Waals surface area contributed by atoms with Gasteiger partial charge in [-0.05, 0) is 40.5 Å². The molecule has 1 aromatic heterocycles. The molecule has 4 aromatic carbocycles. The number of carbonyl (C=O) groups is 1. The molecule has 0 saturated heterocycles. The van der Waals surface area contributed by atoms with Crippen molar-refractivity contribution in [3.8, 4) is 11.5 Å². The van der Waals surface area contributed by atoms with Crippen molar-refractivity contribution in [1.82, 2.24) is 0 Å². The van der Waals surface area contributed by atoms with Crippen LogP contribution in [-0.4, -0.2) is 40.2 Å². The number of rotatable bonds is 4. The lowest BCUT2D eigenvalue weighted by Gasteiger charge is -2.25. The molecule has 2 aliphatic rings. The molecule has 39 heavy (non-hydrogen) atoms. The number of phenolic OH excluding ortho intramolecular Hbond substituents is 2. The first kappa shape index (κ1) is 24.3. The first-order valence-corrected chi connectivity index (χ1v) is 14.2. The third-order valence-corrected chi connectivity index (χ3v) is 9.47. The number of alkyl halides is 1. The zero-order chi connectivity index (χ0) is 26.8. The normalized spacial score (nSPS) is 17.1. The van der Waals surface area contributed by atoms with E-state index in [2.05, 4.69) is 0 Å². The lowest BCUT2D eigenvalue weighted by Crippen LogP contribution is -2.29. The van der Waals surface area contributed by atoms with Gasteiger partial charge in [-0.1, -0.05) is 48.5 Å². The summed E-state index contributed by atoms with van der Waals surface area (Å²) in [4.78, 5) is 18.5. The van der Waals surface area contributed by atoms with Gasteiger partial charge >= 0.3 is 0 Å². The molecule has 2 unspecified atom stereocenters. The van der Waals surface area contributed by atoms with Crippen LogP contribution in [0.3, 0.4) is 0 Å². The number of hydrogen-bond donors (Lipinski definition) is 3. The number of aliphatic hydroxyl groups excluding tert-OH is 1. The second kappa shape index (κ2) is 9.16. The Morgan fingerprint density at radius 3 is 2.28 bits per heavy atom. The fourth-order valence-electron chi connectivity index (χ4n) is 6.17. The number of aromatic hydroxyl groups is 2. The molecule has 3 heterocycles. The molecule has 2 atom stereocenters. The van der Waals surface area contributed by atoms with Gasteiger partial charge in [0.1, 0.15) is 11.5 Å². The van der Waals surface area contributed by atoms with Crippen LogP contribution in [0.25, 0.3) is 21.5 Å². The maximum absolute atomic E-state index is 13.7. The van der Waals surface area contributed by atoms with Crippen molar-refractivity contribution in [1.29, 1.82) is 0 Å². The predicted molar refractivity (Wildman–Crippen MR) is 157 cm³/mol. The van der Waals surface area contributed by atoms with Gasteiger partial charge in [-0.3, -0.25) is 4.79 Å². The first-order valence-electron chi connectivity index (χ1n) is 12.9. The fraction of sp³-hybridized carbons (Fsp3) is 0.194. The van der Waals surface area contributed by atoms with E-state index < -0.39 is 6.23 Å². The van der Waals surface area contributed by atoms with Gasteiger partial charge in [-0.2, -0.15) is 0 Å². The standard InChI is InChI=1S/C31H25ClN2O4S/c32-15-17-16-34(24-14-26(36)21-7-3-4-8-22(21)29(17)24)31(38)28-10-9-27(39-28)30(37)33-12-11-19-18-5-1-2-6-20(18)25(35)13-23(19)33/h1-10,13-14,17,30,35-37H,11-12,15-16H2. The predicted octanol–water partition coefficient (Wildman–Crippen LogP) is 6.50. The second-order valence-electron chi connectivity index (χ2n) is 10.1. The lowest BCUT2D eigenvalue weighted by atomic mass is 9.95. The molecule has 0 radical (unpaired) electrons. The van der Waals surface area contributed by atoms with Crippen molar-refractivity contribution in [2.75, 3.05) is 28.8 Å². The third kappa shape index (κ3) is 3.68. The summed E-state index contributed by atoms with van der Waals surface area (Å²) in [6.07, 6.45) is -0.195. The molecule has 0 bridgehead atoms. The van der Waals surface area contributed by atoms with Crippen LogP contribution in [0, 0.1) is 0 Å². The van der Waals surface area contributed by atoms with E-state index >= 15 is 0 Å². The molecule has 7 rings (SSSR count). The Hall–Kier alpha value is -3.78. The summed E-state index contributed by atoms with van der Waals surface area (Å²) in [7, 11) is 0. The Morgan fingerprint density at radius 2 is 1.56 bits per heavy atom. The minimum Gasteiger partial charge on any atom is -0.507 e. The van der Waals surface area contributed by atoms with Crippen molar-refractivity contribution in [2.45, 2.75) is 18.6 Å². The number of fused-ring (bicyclic) bond motifs is 6. The fourth-order valence-corrected chi connectivity index (χ4v) is 7.37. The highest BCUT2D eigenvalue weighted by atomic mass is 35.5. The van der Waals surface area contributed by atoms with E-state index in [9.17, 15) is 20.1 Å². The zero-order valence-electron chi connectivity index (χ0n) is 20.8. The van der Waals surface area contributed by atoms with Gasteiger partial charge in [-0.15, -0.1) is 22.9 Å². The van der Waals surface area contributed by atoms with Gasteiger partial charge in [-0.25, -0.2) is 0 Å². The number of phenols is 2. The molecule has 196 valence electrons. The molecular formula is C31H25ClN2O4S. The van der Waals surface area contributed by atoms with Gasteiger partial charge < -0.3 is 25.1 Å². The van der Waals surface area contributed by atoms with Crippen LogP contribution in [0.4, 0.5) is 11.4 Å². The van der Waals surface area contributed by atoms with Crippen LogP contribution in [0.2, 0.25) is 0 Å². The average Bonchev–Trinajstić information content (AvgIpc) is 3.70. The topological polar surface area (TPSA) is 84.2 Å². The van der Waals surface area contributed by atoms with Crippen molar-refractivity contribution >= 4 is 61.8 Å². The average molecular weight is 557 g/mol. The van der Waals surface area contributed by atoms with E-state index in [0.717, 1.165) is 44.8 Å². The summed E-state index contributed by atoms with van der Waals surface area (Å²) in [6.45, 7) is 1.03. The van der Waals surface area contributed by atoms with Crippen molar-refractivity contribution < 1.29 is 20.1 Å². The van der Waals surface area contributed by atoms with Gasteiger partial charge in [0.15, 0.2) is 6.23 Å². The zero-order valence-corrected chi connectivity index (χ0v) is 22.4. The van der Waals surface area contributed by atoms with E-state index in [-0.39, 0.29) is 23.3 Å². The van der Waals surface area contributed by atoms with Gasteiger partial charge in [0.25, 0.3) is 5.91 Å². The number of benzene rings is 4. The van der Waals surface area contributed by atoms with E-state index in [0.29, 0.717) is 34.4 Å². The maximum atomic E-state index is 13.7. The van der Waals surface area contributed by atoms with Crippen molar-refractivity contribution in [2.24, 2.45) is 0 Å². The van der Waals surface area contributed by atoms with Crippen LogP contribution in [0.15, 0.2) is 72.8 Å². The number of aliphatic hydroxyl groups is 1. The van der Waals surface area contributed by atoms with Gasteiger partial charge in [0, 0.05) is 53.5 Å². The third-order valence-electron chi connectivity index (χ3n) is 7.99. The molecule has 0 fully saturated rings. The summed E-state index contributed by atoms with van der Waals surface area (Å²) < 4.78 is 0. The summed E-state index contributed by atoms with van der Waals surface area (Å²) in [5.74, 6) is 0.429. The Morgan fingerprint density at radius 1 is 0.923 bits per heavy atom. The van der Waals surface area contributed by atoms with Crippen LogP contribution >= 0.6 is 22.9 Å². The maximum Gasteiger partial charge on any atom is 0.268 e. The first-order chi connectivity index (χ1) is 19.0. The van der Waals surface area contributed by atoms with Crippen LogP contribution < -0.4 is 9.80 Å². The molecule has 3 N–H and O–H groups in total. The van der Waals surface area contributed by atoms with E-state index in [4.69, 9.17) is 11.6 Å². The van der Waals surface area contributed by atoms with Crippen LogP contribution in [0.5, 0.6) is 11.5 Å². The number of nitrogens with zero attached hydrogens (tertiary/aromatic N) is 2. The van der Waals surface area contributed by atoms with Crippen LogP contribution in [-0.2, 0) is 6.42 Å². The monoisotopic (exact) mass is 556 g/mol. The highest BCUT2D eigenvalue weighted by Crippen LogP contribution is 2.47. The number of hydrogen-bond acceptors (Lipinski definition) is 6. The highest BCUT2D eigenvalue weighted by Gasteiger charge is 2.36. The Balaban J connectivity index is 1.21. The number of carbonyl (C=O) groups excluding carboxylic acids is 1. The molecule has 0 saturated carbocycles. The van der Waals surface area contributed by atoms with Crippen molar-refractivity contribution in [3.05, 3.63) is 93.7 Å². The smallest absolute Gasteiger partial charge is 0.268 e. The molecule has 1 amide bonds. The SMILES string of the molecule is O=C(c1ccc(C(O)N2CCc3c2cc(O)c2ccccc32)s1)N1CC(CCl)c2c1cc(O)c1ccccc21. The number of amides is 1. The molecule has 8 heteroatoms. The molecule has 0 spiro atoms.